The van der Waals surface area contributed by atoms with E-state index in [9.17, 15) is 0 Å². The second-order valence-electron chi connectivity index (χ2n) is 6.62. The third-order valence-corrected chi connectivity index (χ3v) is 4.42. The van der Waals surface area contributed by atoms with Crippen molar-refractivity contribution in [3.8, 4) is 11.3 Å². The Morgan fingerprint density at radius 2 is 1.92 bits per heavy atom. The topological polar surface area (TPSA) is 60.1 Å². The van der Waals surface area contributed by atoms with Crippen molar-refractivity contribution in [3.63, 3.8) is 0 Å². The highest BCUT2D eigenvalue weighted by atomic mass is 15.3. The number of fused-ring (bicyclic) bond motifs is 1. The number of H-pyrrole nitrogens is 1. The summed E-state index contributed by atoms with van der Waals surface area (Å²) in [7, 11) is 6.27. The summed E-state index contributed by atoms with van der Waals surface area (Å²) in [4.78, 5) is 16.8. The van der Waals surface area contributed by atoms with Crippen molar-refractivity contribution in [2.45, 2.75) is 13.1 Å². The van der Waals surface area contributed by atoms with Crippen molar-refractivity contribution in [1.82, 2.24) is 24.8 Å². The molecule has 0 amide bonds. The van der Waals surface area contributed by atoms with Crippen molar-refractivity contribution >= 4 is 16.9 Å². The molecular formula is C19H26N6. The monoisotopic (exact) mass is 338 g/mol. The molecule has 1 unspecified atom stereocenters. The van der Waals surface area contributed by atoms with Crippen LogP contribution in [-0.2, 0) is 0 Å². The van der Waals surface area contributed by atoms with Gasteiger partial charge >= 0.3 is 0 Å². The van der Waals surface area contributed by atoms with Gasteiger partial charge in [-0.15, -0.1) is 0 Å². The Labute approximate surface area is 148 Å². The molecule has 1 atom stereocenters. The number of nitrogens with zero attached hydrogens (tertiary/aromatic N) is 4. The zero-order valence-electron chi connectivity index (χ0n) is 15.3. The number of likely N-dealkylation sites (N-methyl/N-ethyl adjacent to an activating group) is 2. The van der Waals surface area contributed by atoms with Crippen LogP contribution in [0, 0.1) is 0 Å². The Morgan fingerprint density at radius 1 is 1.12 bits per heavy atom. The molecule has 0 saturated carbocycles. The molecule has 2 aromatic heterocycles. The molecule has 2 heterocycles. The summed E-state index contributed by atoms with van der Waals surface area (Å²) in [5, 5.41) is 4.56. The smallest absolute Gasteiger partial charge is 0.224 e. The maximum Gasteiger partial charge on any atom is 0.224 e. The van der Waals surface area contributed by atoms with E-state index >= 15 is 0 Å². The van der Waals surface area contributed by atoms with Crippen LogP contribution in [0.25, 0.3) is 22.2 Å². The molecule has 0 aliphatic carbocycles. The van der Waals surface area contributed by atoms with Gasteiger partial charge in [0.05, 0.1) is 11.9 Å². The first-order valence-electron chi connectivity index (χ1n) is 8.55. The van der Waals surface area contributed by atoms with Crippen LogP contribution in [0.15, 0.2) is 42.7 Å². The molecule has 6 nitrogen and oxygen atoms in total. The van der Waals surface area contributed by atoms with E-state index in [1.807, 2.05) is 24.4 Å². The molecule has 0 fully saturated rings. The SMILES string of the molecule is CC(Nc1nccc(-c2c[nH]c3ccccc23)n1)N(C)CCN(C)C. The Kier molecular flexibility index (Phi) is 5.31. The van der Waals surface area contributed by atoms with E-state index in [4.69, 9.17) is 4.98 Å². The molecule has 0 aliphatic heterocycles. The van der Waals surface area contributed by atoms with Crippen molar-refractivity contribution in [2.24, 2.45) is 0 Å². The minimum Gasteiger partial charge on any atom is -0.360 e. The number of para-hydroxylation sites is 1. The predicted molar refractivity (Wildman–Crippen MR) is 104 cm³/mol. The fourth-order valence-corrected chi connectivity index (χ4v) is 2.71. The number of hydrogen-bond donors (Lipinski definition) is 2. The summed E-state index contributed by atoms with van der Waals surface area (Å²) in [5.41, 5.74) is 3.12. The second kappa shape index (κ2) is 7.63. The highest BCUT2D eigenvalue weighted by Crippen LogP contribution is 2.27. The molecule has 0 saturated heterocycles. The van der Waals surface area contributed by atoms with Gasteiger partial charge in [0.15, 0.2) is 0 Å². The Bertz CT molecular complexity index is 825. The van der Waals surface area contributed by atoms with E-state index < -0.39 is 0 Å². The van der Waals surface area contributed by atoms with Crippen LogP contribution in [0.5, 0.6) is 0 Å². The van der Waals surface area contributed by atoms with Crippen molar-refractivity contribution in [2.75, 3.05) is 39.5 Å². The lowest BCUT2D eigenvalue weighted by Crippen LogP contribution is -2.39. The average molecular weight is 338 g/mol. The van der Waals surface area contributed by atoms with Gasteiger partial charge < -0.3 is 15.2 Å². The summed E-state index contributed by atoms with van der Waals surface area (Å²) in [6, 6.07) is 10.2. The molecule has 0 spiro atoms. The molecular weight excluding hydrogens is 312 g/mol. The van der Waals surface area contributed by atoms with Gasteiger partial charge in [0, 0.05) is 41.9 Å². The highest BCUT2D eigenvalue weighted by Gasteiger charge is 2.12. The predicted octanol–water partition coefficient (Wildman–Crippen LogP) is 2.88. The standard InChI is InChI=1S/C19H26N6/c1-14(25(4)12-11-24(2)3)22-19-20-10-9-18(23-19)16-13-21-17-8-6-5-7-15(16)17/h5-10,13-14,21H,11-12H2,1-4H3,(H,20,22,23). The lowest BCUT2D eigenvalue weighted by Gasteiger charge is -2.26. The van der Waals surface area contributed by atoms with Crippen LogP contribution in [0.4, 0.5) is 5.95 Å². The number of anilines is 1. The zero-order valence-corrected chi connectivity index (χ0v) is 15.3. The van der Waals surface area contributed by atoms with Gasteiger partial charge in [0.2, 0.25) is 5.95 Å². The van der Waals surface area contributed by atoms with E-state index in [1.54, 1.807) is 6.20 Å². The normalized spacial score (nSPS) is 12.9. The third-order valence-electron chi connectivity index (χ3n) is 4.42. The zero-order chi connectivity index (χ0) is 17.8. The summed E-state index contributed by atoms with van der Waals surface area (Å²) in [6.07, 6.45) is 3.96. The van der Waals surface area contributed by atoms with Crippen LogP contribution < -0.4 is 5.32 Å². The Balaban J connectivity index is 1.75. The van der Waals surface area contributed by atoms with Crippen molar-refractivity contribution in [1.29, 1.82) is 0 Å². The number of aromatic amines is 1. The van der Waals surface area contributed by atoms with Crippen molar-refractivity contribution < 1.29 is 0 Å². The minimum absolute atomic E-state index is 0.151. The molecule has 1 aromatic carbocycles. The van der Waals surface area contributed by atoms with Gasteiger partial charge in [-0.2, -0.15) is 0 Å². The first-order chi connectivity index (χ1) is 12.0. The molecule has 0 bridgehead atoms. The summed E-state index contributed by atoms with van der Waals surface area (Å²) >= 11 is 0. The maximum atomic E-state index is 4.70. The number of benzene rings is 1. The molecule has 3 rings (SSSR count). The van der Waals surface area contributed by atoms with Gasteiger partial charge in [-0.05, 0) is 40.2 Å². The van der Waals surface area contributed by atoms with E-state index in [1.165, 1.54) is 5.39 Å². The molecule has 2 N–H and O–H groups in total. The first-order valence-corrected chi connectivity index (χ1v) is 8.55. The van der Waals surface area contributed by atoms with Crippen LogP contribution in [-0.4, -0.2) is 65.2 Å². The first kappa shape index (κ1) is 17.4. The summed E-state index contributed by atoms with van der Waals surface area (Å²) in [6.45, 7) is 4.11. The van der Waals surface area contributed by atoms with Crippen LogP contribution in [0.2, 0.25) is 0 Å². The Morgan fingerprint density at radius 3 is 2.72 bits per heavy atom. The molecule has 6 heteroatoms. The lowest BCUT2D eigenvalue weighted by atomic mass is 10.1. The number of aromatic nitrogens is 3. The number of nitrogens with one attached hydrogen (secondary N) is 2. The number of hydrogen-bond acceptors (Lipinski definition) is 5. The Hall–Kier alpha value is -2.44. The van der Waals surface area contributed by atoms with E-state index in [0.717, 1.165) is 29.9 Å². The van der Waals surface area contributed by atoms with Gasteiger partial charge in [0.1, 0.15) is 0 Å². The van der Waals surface area contributed by atoms with Crippen LogP contribution in [0.3, 0.4) is 0 Å². The highest BCUT2D eigenvalue weighted by molar-refractivity contribution is 5.94. The van der Waals surface area contributed by atoms with Gasteiger partial charge in [-0.1, -0.05) is 18.2 Å². The van der Waals surface area contributed by atoms with E-state index in [2.05, 4.69) is 65.3 Å². The number of rotatable bonds is 7. The lowest BCUT2D eigenvalue weighted by molar-refractivity contribution is 0.245. The second-order valence-corrected chi connectivity index (χ2v) is 6.62. The molecule has 0 aliphatic rings. The fourth-order valence-electron chi connectivity index (χ4n) is 2.71. The average Bonchev–Trinajstić information content (AvgIpc) is 3.04. The van der Waals surface area contributed by atoms with Gasteiger partial charge in [0.25, 0.3) is 0 Å². The molecule has 132 valence electrons. The largest absolute Gasteiger partial charge is 0.360 e. The third kappa shape index (κ3) is 4.15. The van der Waals surface area contributed by atoms with E-state index in [-0.39, 0.29) is 6.17 Å². The summed E-state index contributed by atoms with van der Waals surface area (Å²) in [5.74, 6) is 0.645. The van der Waals surface area contributed by atoms with Gasteiger partial charge in [-0.25, -0.2) is 9.97 Å². The quantitative estimate of drug-likeness (QED) is 0.649. The van der Waals surface area contributed by atoms with Crippen LogP contribution in [0.1, 0.15) is 6.92 Å². The van der Waals surface area contributed by atoms with Gasteiger partial charge in [-0.3, -0.25) is 4.90 Å². The van der Waals surface area contributed by atoms with Crippen molar-refractivity contribution in [3.05, 3.63) is 42.7 Å². The summed E-state index contributed by atoms with van der Waals surface area (Å²) < 4.78 is 0. The molecule has 3 aromatic rings. The van der Waals surface area contributed by atoms with E-state index in [0.29, 0.717) is 5.95 Å². The molecule has 0 radical (unpaired) electrons. The maximum absolute atomic E-state index is 4.70. The fraction of sp³-hybridized carbons (Fsp3) is 0.368. The van der Waals surface area contributed by atoms with Crippen LogP contribution >= 0.6 is 0 Å². The molecule has 25 heavy (non-hydrogen) atoms. The minimum atomic E-state index is 0.151.